The molecule has 0 atom stereocenters. The molecule has 0 aliphatic rings. The zero-order valence-electron chi connectivity index (χ0n) is 15.0. The molecule has 5 heteroatoms. The van der Waals surface area contributed by atoms with Crippen LogP contribution in [0.2, 0.25) is 0 Å². The lowest BCUT2D eigenvalue weighted by Gasteiger charge is -2.11. The number of pyridine rings is 1. The number of benzene rings is 2. The summed E-state index contributed by atoms with van der Waals surface area (Å²) >= 11 is 0. The summed E-state index contributed by atoms with van der Waals surface area (Å²) in [6, 6.07) is 23.6. The van der Waals surface area contributed by atoms with Crippen molar-refractivity contribution in [3.05, 3.63) is 89.6 Å². The van der Waals surface area contributed by atoms with Gasteiger partial charge in [-0.25, -0.2) is 4.98 Å². The summed E-state index contributed by atoms with van der Waals surface area (Å²) in [6.07, 6.45) is 0. The number of aromatic nitrogens is 2. The minimum absolute atomic E-state index is 0.427. The average Bonchev–Trinajstić information content (AvgIpc) is 3.03. The number of nitrogens with two attached hydrogens (primary N) is 1. The molecule has 0 aliphatic carbocycles. The van der Waals surface area contributed by atoms with E-state index in [1.165, 1.54) is 5.56 Å². The monoisotopic (exact) mass is 356 g/mol. The van der Waals surface area contributed by atoms with E-state index >= 15 is 0 Å². The molecule has 0 bridgehead atoms. The fourth-order valence-electron chi connectivity index (χ4n) is 3.32. The molecule has 2 aromatic carbocycles. The van der Waals surface area contributed by atoms with Crippen LogP contribution >= 0.6 is 0 Å². The molecule has 0 spiro atoms. The SMILES string of the molecule is Cc1cc2c(C(N)=O)cccc2n1-c1cccc(NCc2ccccc2)n1. The molecule has 2 heterocycles. The van der Waals surface area contributed by atoms with Gasteiger partial charge in [-0.1, -0.05) is 42.5 Å². The van der Waals surface area contributed by atoms with Gasteiger partial charge < -0.3 is 11.1 Å². The van der Waals surface area contributed by atoms with Crippen LogP contribution < -0.4 is 11.1 Å². The van der Waals surface area contributed by atoms with Crippen LogP contribution in [-0.2, 0) is 6.54 Å². The predicted molar refractivity (Wildman–Crippen MR) is 108 cm³/mol. The van der Waals surface area contributed by atoms with Crippen molar-refractivity contribution in [1.82, 2.24) is 9.55 Å². The number of amides is 1. The lowest BCUT2D eigenvalue weighted by atomic mass is 10.1. The Bertz CT molecular complexity index is 1120. The van der Waals surface area contributed by atoms with E-state index < -0.39 is 5.91 Å². The van der Waals surface area contributed by atoms with Crippen molar-refractivity contribution < 1.29 is 4.79 Å². The predicted octanol–water partition coefficient (Wildman–Crippen LogP) is 4.04. The zero-order chi connectivity index (χ0) is 18.8. The van der Waals surface area contributed by atoms with Crippen molar-refractivity contribution >= 4 is 22.6 Å². The van der Waals surface area contributed by atoms with Crippen LogP contribution in [0.4, 0.5) is 5.82 Å². The first-order valence-corrected chi connectivity index (χ1v) is 8.79. The van der Waals surface area contributed by atoms with Crippen molar-refractivity contribution in [2.75, 3.05) is 5.32 Å². The zero-order valence-corrected chi connectivity index (χ0v) is 15.0. The molecule has 0 saturated heterocycles. The van der Waals surface area contributed by atoms with Gasteiger partial charge in [-0.05, 0) is 42.8 Å². The second-order valence-electron chi connectivity index (χ2n) is 6.44. The number of nitrogens with zero attached hydrogens (tertiary/aromatic N) is 2. The van der Waals surface area contributed by atoms with Crippen molar-refractivity contribution in [3.8, 4) is 5.82 Å². The summed E-state index contributed by atoms with van der Waals surface area (Å²) in [4.78, 5) is 16.5. The van der Waals surface area contributed by atoms with E-state index in [4.69, 9.17) is 10.7 Å². The maximum absolute atomic E-state index is 11.7. The van der Waals surface area contributed by atoms with Gasteiger partial charge in [-0.15, -0.1) is 0 Å². The topological polar surface area (TPSA) is 72.9 Å². The summed E-state index contributed by atoms with van der Waals surface area (Å²) in [6.45, 7) is 2.70. The van der Waals surface area contributed by atoms with Gasteiger partial charge in [0, 0.05) is 23.2 Å². The third-order valence-corrected chi connectivity index (χ3v) is 4.58. The highest BCUT2D eigenvalue weighted by atomic mass is 16.1. The van der Waals surface area contributed by atoms with Gasteiger partial charge in [0.15, 0.2) is 0 Å². The Morgan fingerprint density at radius 3 is 2.59 bits per heavy atom. The fraction of sp³-hybridized carbons (Fsp3) is 0.0909. The van der Waals surface area contributed by atoms with Gasteiger partial charge in [0.2, 0.25) is 5.91 Å². The lowest BCUT2D eigenvalue weighted by molar-refractivity contribution is 0.100. The molecule has 27 heavy (non-hydrogen) atoms. The van der Waals surface area contributed by atoms with E-state index in [0.29, 0.717) is 12.1 Å². The van der Waals surface area contributed by atoms with Crippen LogP contribution in [-0.4, -0.2) is 15.5 Å². The average molecular weight is 356 g/mol. The van der Waals surface area contributed by atoms with E-state index in [0.717, 1.165) is 28.2 Å². The number of nitrogens with one attached hydrogen (secondary N) is 1. The summed E-state index contributed by atoms with van der Waals surface area (Å²) < 4.78 is 2.04. The third-order valence-electron chi connectivity index (χ3n) is 4.58. The Hall–Kier alpha value is -3.60. The number of hydrogen-bond acceptors (Lipinski definition) is 3. The van der Waals surface area contributed by atoms with Crippen molar-refractivity contribution in [3.63, 3.8) is 0 Å². The fourth-order valence-corrected chi connectivity index (χ4v) is 3.32. The molecule has 2 aromatic heterocycles. The summed E-state index contributed by atoms with van der Waals surface area (Å²) in [5.74, 6) is 1.16. The van der Waals surface area contributed by atoms with Crippen LogP contribution in [0, 0.1) is 6.92 Å². The number of carbonyl (C=O) groups excluding carboxylic acids is 1. The molecular weight excluding hydrogens is 336 g/mol. The lowest BCUT2D eigenvalue weighted by Crippen LogP contribution is -2.11. The van der Waals surface area contributed by atoms with Crippen molar-refractivity contribution in [2.24, 2.45) is 5.73 Å². The number of hydrogen-bond donors (Lipinski definition) is 2. The Kier molecular flexibility index (Phi) is 4.34. The van der Waals surface area contributed by atoms with E-state index in [-0.39, 0.29) is 0 Å². The number of fused-ring (bicyclic) bond motifs is 1. The molecule has 5 nitrogen and oxygen atoms in total. The standard InChI is InChI=1S/C22H20N4O/c1-15-13-18-17(22(23)27)9-5-10-19(18)26(15)21-12-6-11-20(25-21)24-14-16-7-3-2-4-8-16/h2-13H,14H2,1H3,(H2,23,27)(H,24,25). The minimum Gasteiger partial charge on any atom is -0.366 e. The Labute approximate surface area is 157 Å². The van der Waals surface area contributed by atoms with E-state index in [2.05, 4.69) is 17.4 Å². The molecule has 1 amide bonds. The normalized spacial score (nSPS) is 10.9. The Morgan fingerprint density at radius 2 is 1.81 bits per heavy atom. The number of rotatable bonds is 5. The molecule has 0 radical (unpaired) electrons. The first kappa shape index (κ1) is 16.8. The smallest absolute Gasteiger partial charge is 0.249 e. The highest BCUT2D eigenvalue weighted by Gasteiger charge is 2.14. The van der Waals surface area contributed by atoms with E-state index in [1.54, 1.807) is 6.07 Å². The van der Waals surface area contributed by atoms with Crippen LogP contribution in [0.1, 0.15) is 21.6 Å². The Balaban J connectivity index is 1.71. The van der Waals surface area contributed by atoms with Crippen molar-refractivity contribution in [2.45, 2.75) is 13.5 Å². The van der Waals surface area contributed by atoms with Crippen LogP contribution in [0.3, 0.4) is 0 Å². The quantitative estimate of drug-likeness (QED) is 0.567. The largest absolute Gasteiger partial charge is 0.366 e. The molecular formula is C22H20N4O. The number of aryl methyl sites for hydroxylation is 1. The maximum atomic E-state index is 11.7. The second-order valence-corrected chi connectivity index (χ2v) is 6.44. The summed E-state index contributed by atoms with van der Waals surface area (Å²) in [5.41, 5.74) is 9.14. The molecule has 134 valence electrons. The second kappa shape index (κ2) is 6.96. The number of carbonyl (C=O) groups is 1. The number of primary amides is 1. The van der Waals surface area contributed by atoms with Gasteiger partial charge in [0.25, 0.3) is 0 Å². The Morgan fingerprint density at radius 1 is 1.04 bits per heavy atom. The van der Waals surface area contributed by atoms with Gasteiger partial charge in [-0.3, -0.25) is 9.36 Å². The van der Waals surface area contributed by atoms with Gasteiger partial charge >= 0.3 is 0 Å². The molecule has 0 aliphatic heterocycles. The molecule has 3 N–H and O–H groups in total. The summed E-state index contributed by atoms with van der Waals surface area (Å²) in [7, 11) is 0. The first-order chi connectivity index (χ1) is 13.1. The first-order valence-electron chi connectivity index (χ1n) is 8.79. The maximum Gasteiger partial charge on any atom is 0.249 e. The molecule has 0 fully saturated rings. The molecule has 0 saturated carbocycles. The highest BCUT2D eigenvalue weighted by molar-refractivity contribution is 6.06. The van der Waals surface area contributed by atoms with Crippen molar-refractivity contribution in [1.29, 1.82) is 0 Å². The molecule has 0 unspecified atom stereocenters. The molecule has 4 aromatic rings. The molecule has 4 rings (SSSR count). The summed E-state index contributed by atoms with van der Waals surface area (Å²) in [5, 5.41) is 4.20. The van der Waals surface area contributed by atoms with Crippen LogP contribution in [0.25, 0.3) is 16.7 Å². The third kappa shape index (κ3) is 3.27. The number of anilines is 1. The van der Waals surface area contributed by atoms with Gasteiger partial charge in [-0.2, -0.15) is 0 Å². The van der Waals surface area contributed by atoms with Crippen LogP contribution in [0.15, 0.2) is 72.8 Å². The van der Waals surface area contributed by atoms with E-state index in [9.17, 15) is 4.79 Å². The van der Waals surface area contributed by atoms with Crippen LogP contribution in [0.5, 0.6) is 0 Å². The minimum atomic E-state index is -0.427. The highest BCUT2D eigenvalue weighted by Crippen LogP contribution is 2.26. The van der Waals surface area contributed by atoms with Gasteiger partial charge in [0.05, 0.1) is 5.52 Å². The van der Waals surface area contributed by atoms with Gasteiger partial charge in [0.1, 0.15) is 11.6 Å². The van der Waals surface area contributed by atoms with E-state index in [1.807, 2.05) is 66.1 Å².